The Morgan fingerprint density at radius 3 is 2.85 bits per heavy atom. The highest BCUT2D eigenvalue weighted by atomic mass is 35.5. The Hall–Kier alpha value is -2.01. The van der Waals surface area contributed by atoms with Crippen molar-refractivity contribution in [3.8, 4) is 5.75 Å². The topological polar surface area (TPSA) is 64.4 Å². The number of carbonyl (C=O) groups is 1. The lowest BCUT2D eigenvalue weighted by molar-refractivity contribution is -0.118. The molecule has 0 saturated heterocycles. The summed E-state index contributed by atoms with van der Waals surface area (Å²) in [6, 6.07) is 8.65. The molecule has 0 aliphatic carbocycles. The summed E-state index contributed by atoms with van der Waals surface area (Å²) >= 11 is 5.92. The van der Waals surface area contributed by atoms with Crippen LogP contribution >= 0.6 is 11.6 Å². The van der Waals surface area contributed by atoms with E-state index in [1.807, 2.05) is 13.8 Å². The number of carbonyl (C=O) groups excluding carboxylic acids is 1. The number of hydrogen-bond donors (Lipinski definition) is 1. The van der Waals surface area contributed by atoms with Gasteiger partial charge in [0.25, 0.3) is 5.91 Å². The van der Waals surface area contributed by atoms with E-state index in [-0.39, 0.29) is 18.4 Å². The van der Waals surface area contributed by atoms with Gasteiger partial charge in [0.1, 0.15) is 5.75 Å². The molecule has 0 radical (unpaired) electrons. The Morgan fingerprint density at radius 2 is 2.20 bits per heavy atom. The van der Waals surface area contributed by atoms with Crippen molar-refractivity contribution >= 4 is 23.4 Å². The van der Waals surface area contributed by atoms with Crippen LogP contribution in [0.25, 0.3) is 0 Å². The average molecular weight is 295 g/mol. The van der Waals surface area contributed by atoms with Gasteiger partial charge in [-0.1, -0.05) is 42.7 Å². The second kappa shape index (κ2) is 6.43. The first-order chi connectivity index (χ1) is 9.56. The number of aromatic nitrogens is 1. The maximum Gasteiger partial charge on any atom is 0.264 e. The minimum absolute atomic E-state index is 0.151. The maximum absolute atomic E-state index is 11.7. The molecule has 0 atom stereocenters. The molecule has 5 nitrogen and oxygen atoms in total. The summed E-state index contributed by atoms with van der Waals surface area (Å²) in [6.45, 7) is 3.83. The molecule has 0 fully saturated rings. The highest BCUT2D eigenvalue weighted by Gasteiger charge is 2.11. The maximum atomic E-state index is 11.7. The summed E-state index contributed by atoms with van der Waals surface area (Å²) in [5.74, 6) is 0.673. The fourth-order valence-electron chi connectivity index (χ4n) is 1.50. The quantitative estimate of drug-likeness (QED) is 0.917. The molecule has 0 spiro atoms. The molecular formula is C14H15ClN2O3. The van der Waals surface area contributed by atoms with E-state index in [1.54, 1.807) is 30.3 Å². The predicted octanol–water partition coefficient (Wildman–Crippen LogP) is 3.47. The van der Waals surface area contributed by atoms with Crippen molar-refractivity contribution in [2.45, 2.75) is 19.8 Å². The van der Waals surface area contributed by atoms with E-state index in [0.29, 0.717) is 16.7 Å². The van der Waals surface area contributed by atoms with Crippen LogP contribution < -0.4 is 10.1 Å². The van der Waals surface area contributed by atoms with Gasteiger partial charge >= 0.3 is 0 Å². The van der Waals surface area contributed by atoms with Gasteiger partial charge in [0.05, 0.1) is 10.7 Å². The molecular weight excluding hydrogens is 280 g/mol. The average Bonchev–Trinajstić information content (AvgIpc) is 2.86. The first-order valence-corrected chi connectivity index (χ1v) is 6.58. The molecule has 1 N–H and O–H groups in total. The van der Waals surface area contributed by atoms with Crippen LogP contribution in [0.2, 0.25) is 5.02 Å². The van der Waals surface area contributed by atoms with Gasteiger partial charge < -0.3 is 9.26 Å². The second-order valence-electron chi connectivity index (χ2n) is 4.54. The Labute approximate surface area is 121 Å². The Kier molecular flexibility index (Phi) is 4.63. The molecule has 6 heteroatoms. The van der Waals surface area contributed by atoms with Crippen LogP contribution in [0.15, 0.2) is 34.9 Å². The fourth-order valence-corrected chi connectivity index (χ4v) is 1.69. The highest BCUT2D eigenvalue weighted by Crippen LogP contribution is 2.23. The third-order valence-electron chi connectivity index (χ3n) is 2.58. The van der Waals surface area contributed by atoms with Crippen molar-refractivity contribution in [2.75, 3.05) is 11.9 Å². The van der Waals surface area contributed by atoms with Crippen LogP contribution in [0, 0.1) is 0 Å². The van der Waals surface area contributed by atoms with Crippen molar-refractivity contribution in [1.29, 1.82) is 0 Å². The standard InChI is InChI=1S/C14H15ClN2O3/c1-9(2)11-7-14(20-17-11)16-13(18)8-19-12-6-4-3-5-10(12)15/h3-7,9H,8H2,1-2H3,(H,16,18). The van der Waals surface area contributed by atoms with E-state index in [4.69, 9.17) is 20.9 Å². The molecule has 2 rings (SSSR count). The van der Waals surface area contributed by atoms with Gasteiger partial charge in [0, 0.05) is 6.07 Å². The number of hydrogen-bond acceptors (Lipinski definition) is 4. The van der Waals surface area contributed by atoms with Crippen LogP contribution in [0.3, 0.4) is 0 Å². The molecule has 0 saturated carbocycles. The molecule has 1 aromatic heterocycles. The van der Waals surface area contributed by atoms with E-state index in [0.717, 1.165) is 5.69 Å². The summed E-state index contributed by atoms with van der Waals surface area (Å²) < 4.78 is 10.3. The van der Waals surface area contributed by atoms with Gasteiger partial charge in [-0.15, -0.1) is 0 Å². The number of rotatable bonds is 5. The van der Waals surface area contributed by atoms with E-state index >= 15 is 0 Å². The summed E-state index contributed by atoms with van der Waals surface area (Å²) in [4.78, 5) is 11.7. The fraction of sp³-hybridized carbons (Fsp3) is 0.286. The normalized spacial score (nSPS) is 10.6. The van der Waals surface area contributed by atoms with Crippen LogP contribution in [0.4, 0.5) is 5.88 Å². The molecule has 1 heterocycles. The lowest BCUT2D eigenvalue weighted by atomic mass is 10.1. The monoisotopic (exact) mass is 294 g/mol. The van der Waals surface area contributed by atoms with E-state index < -0.39 is 0 Å². The summed E-state index contributed by atoms with van der Waals surface area (Å²) in [7, 11) is 0. The van der Waals surface area contributed by atoms with E-state index in [9.17, 15) is 4.79 Å². The number of benzene rings is 1. The number of anilines is 1. The molecule has 1 aromatic carbocycles. The molecule has 0 bridgehead atoms. The summed E-state index contributed by atoms with van der Waals surface area (Å²) in [5, 5.41) is 6.88. The first kappa shape index (κ1) is 14.4. The summed E-state index contributed by atoms with van der Waals surface area (Å²) in [5.41, 5.74) is 0.785. The molecule has 20 heavy (non-hydrogen) atoms. The highest BCUT2D eigenvalue weighted by molar-refractivity contribution is 6.32. The Balaban J connectivity index is 1.88. The van der Waals surface area contributed by atoms with Gasteiger partial charge in [-0.3, -0.25) is 10.1 Å². The Morgan fingerprint density at radius 1 is 1.45 bits per heavy atom. The molecule has 106 valence electrons. The van der Waals surface area contributed by atoms with Crippen molar-refractivity contribution < 1.29 is 14.1 Å². The zero-order valence-electron chi connectivity index (χ0n) is 11.2. The van der Waals surface area contributed by atoms with Crippen LogP contribution in [-0.2, 0) is 4.79 Å². The van der Waals surface area contributed by atoms with E-state index in [1.165, 1.54) is 0 Å². The van der Waals surface area contributed by atoms with Gasteiger partial charge in [-0.05, 0) is 18.1 Å². The number of nitrogens with zero attached hydrogens (tertiary/aromatic N) is 1. The van der Waals surface area contributed by atoms with Crippen molar-refractivity contribution in [1.82, 2.24) is 5.16 Å². The van der Waals surface area contributed by atoms with Gasteiger partial charge in [0.15, 0.2) is 6.61 Å². The molecule has 2 aromatic rings. The zero-order valence-corrected chi connectivity index (χ0v) is 12.0. The third-order valence-corrected chi connectivity index (χ3v) is 2.89. The minimum atomic E-state index is -0.337. The summed E-state index contributed by atoms with van der Waals surface area (Å²) in [6.07, 6.45) is 0. The van der Waals surface area contributed by atoms with Gasteiger partial charge in [-0.2, -0.15) is 0 Å². The number of nitrogens with one attached hydrogen (secondary N) is 1. The molecule has 0 aliphatic rings. The van der Waals surface area contributed by atoms with Crippen LogP contribution in [0.1, 0.15) is 25.5 Å². The smallest absolute Gasteiger partial charge is 0.264 e. The number of para-hydroxylation sites is 1. The lowest BCUT2D eigenvalue weighted by Gasteiger charge is -2.06. The number of halogens is 1. The first-order valence-electron chi connectivity index (χ1n) is 6.20. The minimum Gasteiger partial charge on any atom is -0.482 e. The molecule has 0 aliphatic heterocycles. The van der Waals surface area contributed by atoms with E-state index in [2.05, 4.69) is 10.5 Å². The number of amides is 1. The van der Waals surface area contributed by atoms with Crippen molar-refractivity contribution in [3.63, 3.8) is 0 Å². The zero-order chi connectivity index (χ0) is 14.5. The SMILES string of the molecule is CC(C)c1cc(NC(=O)COc2ccccc2Cl)on1. The van der Waals surface area contributed by atoms with Gasteiger partial charge in [0.2, 0.25) is 5.88 Å². The van der Waals surface area contributed by atoms with Crippen LogP contribution in [0.5, 0.6) is 5.75 Å². The van der Waals surface area contributed by atoms with Gasteiger partial charge in [-0.25, -0.2) is 0 Å². The van der Waals surface area contributed by atoms with Crippen molar-refractivity contribution in [2.24, 2.45) is 0 Å². The molecule has 1 amide bonds. The number of ether oxygens (including phenoxy) is 1. The molecule has 0 unspecified atom stereocenters. The largest absolute Gasteiger partial charge is 0.482 e. The second-order valence-corrected chi connectivity index (χ2v) is 4.95. The predicted molar refractivity (Wildman–Crippen MR) is 76.2 cm³/mol. The van der Waals surface area contributed by atoms with Crippen LogP contribution in [-0.4, -0.2) is 17.7 Å². The van der Waals surface area contributed by atoms with Crippen molar-refractivity contribution in [3.05, 3.63) is 41.0 Å². The third kappa shape index (κ3) is 3.74. The lowest BCUT2D eigenvalue weighted by Crippen LogP contribution is -2.19. The Bertz CT molecular complexity index is 596.